The number of nitrogens with one attached hydrogen (secondary N) is 2. The molecule has 0 saturated carbocycles. The van der Waals surface area contributed by atoms with E-state index in [1.54, 1.807) is 13.1 Å². The average Bonchev–Trinajstić information content (AvgIpc) is 2.23. The molecule has 1 aliphatic rings. The molecule has 76 valence electrons. The lowest BCUT2D eigenvalue weighted by atomic mass is 10.3. The number of H-pyrrole nitrogens is 1. The summed E-state index contributed by atoms with van der Waals surface area (Å²) in [6.07, 6.45) is 1.62. The van der Waals surface area contributed by atoms with Crippen molar-refractivity contribution in [1.82, 2.24) is 15.3 Å². The predicted molar refractivity (Wildman–Crippen MR) is 54.7 cm³/mol. The quantitative estimate of drug-likeness (QED) is 0.632. The number of hydrogen-bond donors (Lipinski definition) is 2. The summed E-state index contributed by atoms with van der Waals surface area (Å²) >= 11 is 0. The van der Waals surface area contributed by atoms with Crippen molar-refractivity contribution in [1.29, 1.82) is 0 Å². The van der Waals surface area contributed by atoms with Gasteiger partial charge in [0.15, 0.2) is 0 Å². The minimum atomic E-state index is -0.0477. The summed E-state index contributed by atoms with van der Waals surface area (Å²) in [7, 11) is 0. The van der Waals surface area contributed by atoms with Crippen LogP contribution in [0.3, 0.4) is 0 Å². The van der Waals surface area contributed by atoms with Crippen LogP contribution in [-0.4, -0.2) is 36.1 Å². The van der Waals surface area contributed by atoms with Gasteiger partial charge in [-0.3, -0.25) is 9.78 Å². The van der Waals surface area contributed by atoms with Gasteiger partial charge < -0.3 is 10.2 Å². The van der Waals surface area contributed by atoms with Gasteiger partial charge in [0.05, 0.1) is 0 Å². The van der Waals surface area contributed by atoms with Gasteiger partial charge in [-0.1, -0.05) is 0 Å². The molecule has 1 fully saturated rings. The zero-order chi connectivity index (χ0) is 9.97. The van der Waals surface area contributed by atoms with Crippen LogP contribution in [0.15, 0.2) is 11.0 Å². The van der Waals surface area contributed by atoms with Gasteiger partial charge in [0.25, 0.3) is 5.56 Å². The monoisotopic (exact) mass is 194 g/mol. The number of hydrogen-bond acceptors (Lipinski definition) is 4. The summed E-state index contributed by atoms with van der Waals surface area (Å²) in [4.78, 5) is 20.4. The molecule has 0 aromatic carbocycles. The van der Waals surface area contributed by atoms with Crippen molar-refractivity contribution < 1.29 is 0 Å². The highest BCUT2D eigenvalue weighted by molar-refractivity contribution is 5.30. The van der Waals surface area contributed by atoms with Gasteiger partial charge in [-0.15, -0.1) is 0 Å². The van der Waals surface area contributed by atoms with E-state index in [0.29, 0.717) is 11.5 Å². The lowest BCUT2D eigenvalue weighted by molar-refractivity contribution is 0.579. The second kappa shape index (κ2) is 3.79. The Hall–Kier alpha value is -1.36. The summed E-state index contributed by atoms with van der Waals surface area (Å²) < 4.78 is 0. The topological polar surface area (TPSA) is 61.0 Å². The third kappa shape index (κ3) is 1.77. The van der Waals surface area contributed by atoms with Gasteiger partial charge in [-0.25, -0.2) is 4.98 Å². The van der Waals surface area contributed by atoms with Crippen molar-refractivity contribution in [3.8, 4) is 0 Å². The van der Waals surface area contributed by atoms with Gasteiger partial charge in [0.1, 0.15) is 0 Å². The van der Waals surface area contributed by atoms with Gasteiger partial charge >= 0.3 is 0 Å². The highest BCUT2D eigenvalue weighted by Crippen LogP contribution is 2.04. The first-order valence-corrected chi connectivity index (χ1v) is 4.79. The Morgan fingerprint density at radius 1 is 1.43 bits per heavy atom. The Bertz CT molecular complexity index is 367. The Balaban J connectivity index is 2.23. The molecule has 5 nitrogen and oxygen atoms in total. The molecule has 0 bridgehead atoms. The van der Waals surface area contributed by atoms with E-state index in [2.05, 4.69) is 20.2 Å². The molecule has 0 aliphatic carbocycles. The van der Waals surface area contributed by atoms with Crippen molar-refractivity contribution in [2.24, 2.45) is 0 Å². The second-order valence-corrected chi connectivity index (χ2v) is 3.46. The molecule has 0 unspecified atom stereocenters. The van der Waals surface area contributed by atoms with Crippen LogP contribution in [0.4, 0.5) is 5.95 Å². The number of aryl methyl sites for hydroxylation is 1. The molecule has 0 amide bonds. The molecule has 2 N–H and O–H groups in total. The van der Waals surface area contributed by atoms with Crippen LogP contribution in [-0.2, 0) is 0 Å². The number of aromatic amines is 1. The maximum atomic E-state index is 11.3. The smallest absolute Gasteiger partial charge is 0.255 e. The van der Waals surface area contributed by atoms with E-state index in [1.807, 2.05) is 0 Å². The molecule has 1 saturated heterocycles. The molecule has 2 heterocycles. The fraction of sp³-hybridized carbons (Fsp3) is 0.556. The number of aromatic nitrogens is 2. The van der Waals surface area contributed by atoms with Crippen molar-refractivity contribution in [2.75, 3.05) is 31.1 Å². The molecule has 0 radical (unpaired) electrons. The zero-order valence-corrected chi connectivity index (χ0v) is 8.21. The summed E-state index contributed by atoms with van der Waals surface area (Å²) in [5, 5.41) is 3.25. The third-order valence-corrected chi connectivity index (χ3v) is 2.38. The van der Waals surface area contributed by atoms with E-state index >= 15 is 0 Å². The van der Waals surface area contributed by atoms with Gasteiger partial charge in [-0.05, 0) is 6.92 Å². The van der Waals surface area contributed by atoms with Crippen molar-refractivity contribution in [3.63, 3.8) is 0 Å². The fourth-order valence-electron chi connectivity index (χ4n) is 1.49. The Morgan fingerprint density at radius 2 is 2.14 bits per heavy atom. The van der Waals surface area contributed by atoms with Crippen LogP contribution in [0.5, 0.6) is 0 Å². The molecule has 2 rings (SSSR count). The summed E-state index contributed by atoms with van der Waals surface area (Å²) in [6.45, 7) is 5.43. The van der Waals surface area contributed by atoms with Crippen LogP contribution >= 0.6 is 0 Å². The lowest BCUT2D eigenvalue weighted by Gasteiger charge is -2.27. The van der Waals surface area contributed by atoms with Crippen LogP contribution in [0.25, 0.3) is 0 Å². The Labute approximate surface area is 82.2 Å². The van der Waals surface area contributed by atoms with E-state index in [9.17, 15) is 4.79 Å². The highest BCUT2D eigenvalue weighted by atomic mass is 16.1. The van der Waals surface area contributed by atoms with E-state index in [0.717, 1.165) is 26.2 Å². The minimum Gasteiger partial charge on any atom is -0.340 e. The van der Waals surface area contributed by atoms with E-state index < -0.39 is 0 Å². The largest absolute Gasteiger partial charge is 0.340 e. The van der Waals surface area contributed by atoms with Crippen LogP contribution < -0.4 is 15.8 Å². The van der Waals surface area contributed by atoms with E-state index in [-0.39, 0.29) is 5.56 Å². The normalized spacial score (nSPS) is 17.1. The molecule has 0 atom stereocenters. The number of nitrogens with zero attached hydrogens (tertiary/aromatic N) is 2. The first-order chi connectivity index (χ1) is 6.77. The van der Waals surface area contributed by atoms with E-state index in [4.69, 9.17) is 0 Å². The standard InChI is InChI=1S/C9H14N4O/c1-7-6-11-9(12-8(7)14)13-4-2-10-3-5-13/h6,10H,2-5H2,1H3,(H,11,12,14). The van der Waals surface area contributed by atoms with Crippen LogP contribution in [0.1, 0.15) is 5.56 Å². The molecule has 14 heavy (non-hydrogen) atoms. The maximum Gasteiger partial charge on any atom is 0.255 e. The minimum absolute atomic E-state index is 0.0477. The molecule has 1 aliphatic heterocycles. The summed E-state index contributed by atoms with van der Waals surface area (Å²) in [5.74, 6) is 0.683. The fourth-order valence-corrected chi connectivity index (χ4v) is 1.49. The van der Waals surface area contributed by atoms with Gasteiger partial charge in [0.2, 0.25) is 5.95 Å². The van der Waals surface area contributed by atoms with Crippen LogP contribution in [0.2, 0.25) is 0 Å². The van der Waals surface area contributed by atoms with Gasteiger partial charge in [-0.2, -0.15) is 0 Å². The zero-order valence-electron chi connectivity index (χ0n) is 8.21. The SMILES string of the molecule is Cc1cnc(N2CCNCC2)[nH]c1=O. The first-order valence-electron chi connectivity index (χ1n) is 4.79. The van der Waals surface area contributed by atoms with Crippen molar-refractivity contribution in [2.45, 2.75) is 6.92 Å². The molecule has 0 spiro atoms. The number of rotatable bonds is 1. The first kappa shape index (κ1) is 9.21. The maximum absolute atomic E-state index is 11.3. The number of anilines is 1. The van der Waals surface area contributed by atoms with Crippen LogP contribution in [0, 0.1) is 6.92 Å². The second-order valence-electron chi connectivity index (χ2n) is 3.46. The van der Waals surface area contributed by atoms with Gasteiger partial charge in [0, 0.05) is 37.9 Å². The number of piperazine rings is 1. The average molecular weight is 194 g/mol. The summed E-state index contributed by atoms with van der Waals surface area (Å²) in [6, 6.07) is 0. The summed E-state index contributed by atoms with van der Waals surface area (Å²) in [5.41, 5.74) is 0.609. The van der Waals surface area contributed by atoms with Crippen molar-refractivity contribution in [3.05, 3.63) is 22.1 Å². The molecular formula is C9H14N4O. The third-order valence-electron chi connectivity index (χ3n) is 2.38. The lowest BCUT2D eigenvalue weighted by Crippen LogP contribution is -2.44. The molecule has 1 aromatic rings. The van der Waals surface area contributed by atoms with Crippen molar-refractivity contribution >= 4 is 5.95 Å². The molecular weight excluding hydrogens is 180 g/mol. The molecule has 5 heteroatoms. The predicted octanol–water partition coefficient (Wildman–Crippen LogP) is -0.512. The Morgan fingerprint density at radius 3 is 2.79 bits per heavy atom. The Kier molecular flexibility index (Phi) is 2.49. The van der Waals surface area contributed by atoms with E-state index in [1.165, 1.54) is 0 Å². The molecule has 1 aromatic heterocycles. The highest BCUT2D eigenvalue weighted by Gasteiger charge is 2.12.